The molecule has 0 aromatic carbocycles. The Morgan fingerprint density at radius 2 is 2.15 bits per heavy atom. The maximum absolute atomic E-state index is 11.4. The lowest BCUT2D eigenvalue weighted by Gasteiger charge is -1.96. The zero-order valence-electron chi connectivity index (χ0n) is 8.09. The van der Waals surface area contributed by atoms with Crippen LogP contribution in [-0.2, 0) is 0 Å². The van der Waals surface area contributed by atoms with Crippen LogP contribution in [0.5, 0.6) is 0 Å². The Morgan fingerprint density at radius 1 is 1.46 bits per heavy atom. The molecular weight excluding hydrogens is 164 g/mol. The van der Waals surface area contributed by atoms with E-state index in [1.807, 2.05) is 13.8 Å². The molecule has 0 radical (unpaired) electrons. The van der Waals surface area contributed by atoms with E-state index in [9.17, 15) is 4.79 Å². The zero-order valence-corrected chi connectivity index (χ0v) is 8.09. The summed E-state index contributed by atoms with van der Waals surface area (Å²) in [6.45, 7) is 7.49. The lowest BCUT2D eigenvalue weighted by molar-refractivity contribution is 0.0954. The van der Waals surface area contributed by atoms with Gasteiger partial charge >= 0.3 is 0 Å². The molecule has 1 heterocycles. The molecule has 0 aliphatic carbocycles. The van der Waals surface area contributed by atoms with Crippen molar-refractivity contribution in [1.82, 2.24) is 0 Å². The van der Waals surface area contributed by atoms with Crippen molar-refractivity contribution in [2.45, 2.75) is 26.7 Å². The van der Waals surface area contributed by atoms with Crippen LogP contribution < -0.4 is 0 Å². The van der Waals surface area contributed by atoms with E-state index in [-0.39, 0.29) is 5.78 Å². The topological polar surface area (TPSA) is 30.2 Å². The summed E-state index contributed by atoms with van der Waals surface area (Å²) in [5.74, 6) is 1.29. The molecule has 2 heteroatoms. The van der Waals surface area contributed by atoms with Crippen LogP contribution in [0.4, 0.5) is 0 Å². The number of aryl methyl sites for hydroxylation is 1. The lowest BCUT2D eigenvalue weighted by Crippen LogP contribution is -1.96. The smallest absolute Gasteiger partial charge is 0.198 e. The average molecular weight is 178 g/mol. The standard InChI is InChI=1S/C11H14O2/c1-8(2)4-6-10(12)11-7-5-9(3)13-11/h5,7H,1,4,6H2,2-3H3. The lowest BCUT2D eigenvalue weighted by atomic mass is 10.1. The largest absolute Gasteiger partial charge is 0.458 e. The Hall–Kier alpha value is -1.31. The highest BCUT2D eigenvalue weighted by molar-refractivity contribution is 5.93. The van der Waals surface area contributed by atoms with E-state index < -0.39 is 0 Å². The van der Waals surface area contributed by atoms with E-state index in [4.69, 9.17) is 4.42 Å². The highest BCUT2D eigenvalue weighted by atomic mass is 16.3. The summed E-state index contributed by atoms with van der Waals surface area (Å²) in [4.78, 5) is 11.4. The molecule has 0 saturated heterocycles. The minimum absolute atomic E-state index is 0.0519. The fraction of sp³-hybridized carbons (Fsp3) is 0.364. The van der Waals surface area contributed by atoms with Crippen LogP contribution >= 0.6 is 0 Å². The predicted molar refractivity (Wildman–Crippen MR) is 51.8 cm³/mol. The molecule has 0 N–H and O–H groups in total. The quantitative estimate of drug-likeness (QED) is 0.523. The van der Waals surface area contributed by atoms with Crippen molar-refractivity contribution in [2.24, 2.45) is 0 Å². The average Bonchev–Trinajstić information content (AvgIpc) is 2.47. The number of allylic oxidation sites excluding steroid dienone is 1. The molecule has 1 aromatic rings. The molecule has 0 amide bonds. The normalized spacial score (nSPS) is 10.0. The Kier molecular flexibility index (Phi) is 3.07. The molecule has 0 aliphatic rings. The van der Waals surface area contributed by atoms with Crippen LogP contribution in [0.1, 0.15) is 36.1 Å². The van der Waals surface area contributed by atoms with Crippen molar-refractivity contribution in [1.29, 1.82) is 0 Å². The number of ketones is 1. The van der Waals surface area contributed by atoms with Crippen molar-refractivity contribution >= 4 is 5.78 Å². The molecule has 0 atom stereocenters. The summed E-state index contributed by atoms with van der Waals surface area (Å²) >= 11 is 0. The van der Waals surface area contributed by atoms with Crippen LogP contribution in [0.25, 0.3) is 0 Å². The van der Waals surface area contributed by atoms with Gasteiger partial charge < -0.3 is 4.42 Å². The van der Waals surface area contributed by atoms with Crippen LogP contribution in [0.3, 0.4) is 0 Å². The van der Waals surface area contributed by atoms with Gasteiger partial charge in [0.05, 0.1) is 0 Å². The Labute approximate surface area is 78.3 Å². The number of furan rings is 1. The van der Waals surface area contributed by atoms with Gasteiger partial charge in [0.15, 0.2) is 11.5 Å². The van der Waals surface area contributed by atoms with E-state index in [0.29, 0.717) is 12.2 Å². The number of rotatable bonds is 4. The second-order valence-electron chi connectivity index (χ2n) is 3.29. The van der Waals surface area contributed by atoms with Crippen molar-refractivity contribution in [3.8, 4) is 0 Å². The third kappa shape index (κ3) is 2.90. The molecule has 0 saturated carbocycles. The number of carbonyl (C=O) groups is 1. The Balaban J connectivity index is 2.54. The van der Waals surface area contributed by atoms with Gasteiger partial charge in [0, 0.05) is 6.42 Å². The Bertz CT molecular complexity index is 321. The molecule has 0 fully saturated rings. The molecule has 70 valence electrons. The van der Waals surface area contributed by atoms with Crippen molar-refractivity contribution in [2.75, 3.05) is 0 Å². The minimum atomic E-state index is 0.0519. The van der Waals surface area contributed by atoms with Crippen molar-refractivity contribution < 1.29 is 9.21 Å². The van der Waals surface area contributed by atoms with Gasteiger partial charge in [-0.25, -0.2) is 0 Å². The molecule has 0 spiro atoms. The first-order chi connectivity index (χ1) is 6.09. The van der Waals surface area contributed by atoms with Crippen LogP contribution in [-0.4, -0.2) is 5.78 Å². The van der Waals surface area contributed by atoms with Gasteiger partial charge in [-0.05, 0) is 32.4 Å². The van der Waals surface area contributed by atoms with Gasteiger partial charge in [0.2, 0.25) is 0 Å². The van der Waals surface area contributed by atoms with E-state index >= 15 is 0 Å². The fourth-order valence-electron chi connectivity index (χ4n) is 1.03. The van der Waals surface area contributed by atoms with E-state index in [1.54, 1.807) is 12.1 Å². The SMILES string of the molecule is C=C(C)CCC(=O)c1ccc(C)o1. The molecule has 0 unspecified atom stereocenters. The first-order valence-corrected chi connectivity index (χ1v) is 4.33. The van der Waals surface area contributed by atoms with Gasteiger partial charge in [0.25, 0.3) is 0 Å². The first kappa shape index (κ1) is 9.78. The summed E-state index contributed by atoms with van der Waals surface area (Å²) in [6, 6.07) is 3.52. The van der Waals surface area contributed by atoms with Crippen molar-refractivity contribution in [3.05, 3.63) is 35.8 Å². The van der Waals surface area contributed by atoms with E-state index in [2.05, 4.69) is 6.58 Å². The number of Topliss-reactive ketones (excluding diaryl/α,β-unsaturated/α-hetero) is 1. The first-order valence-electron chi connectivity index (χ1n) is 4.33. The second kappa shape index (κ2) is 4.08. The molecule has 0 bridgehead atoms. The predicted octanol–water partition coefficient (Wildman–Crippen LogP) is 3.13. The van der Waals surface area contributed by atoms with E-state index in [0.717, 1.165) is 17.8 Å². The van der Waals surface area contributed by atoms with Crippen LogP contribution in [0.2, 0.25) is 0 Å². The Morgan fingerprint density at radius 3 is 2.62 bits per heavy atom. The van der Waals surface area contributed by atoms with Crippen molar-refractivity contribution in [3.63, 3.8) is 0 Å². The summed E-state index contributed by atoms with van der Waals surface area (Å²) in [5.41, 5.74) is 1.02. The van der Waals surface area contributed by atoms with Gasteiger partial charge in [-0.2, -0.15) is 0 Å². The maximum Gasteiger partial charge on any atom is 0.198 e. The molecule has 1 aromatic heterocycles. The van der Waals surface area contributed by atoms with Crippen LogP contribution in [0.15, 0.2) is 28.7 Å². The highest BCUT2D eigenvalue weighted by Crippen LogP contribution is 2.11. The molecule has 2 nitrogen and oxygen atoms in total. The second-order valence-corrected chi connectivity index (χ2v) is 3.29. The summed E-state index contributed by atoms with van der Waals surface area (Å²) in [6.07, 6.45) is 1.22. The number of carbonyl (C=O) groups excluding carboxylic acids is 1. The zero-order chi connectivity index (χ0) is 9.84. The third-order valence-corrected chi connectivity index (χ3v) is 1.79. The molecule has 13 heavy (non-hydrogen) atoms. The van der Waals surface area contributed by atoms with Gasteiger partial charge in [-0.15, -0.1) is 6.58 Å². The molecule has 0 aliphatic heterocycles. The van der Waals surface area contributed by atoms with Crippen LogP contribution in [0, 0.1) is 6.92 Å². The number of hydrogen-bond acceptors (Lipinski definition) is 2. The minimum Gasteiger partial charge on any atom is -0.458 e. The molecular formula is C11H14O2. The molecule has 1 rings (SSSR count). The highest BCUT2D eigenvalue weighted by Gasteiger charge is 2.08. The summed E-state index contributed by atoms with van der Waals surface area (Å²) in [5, 5.41) is 0. The van der Waals surface area contributed by atoms with Gasteiger partial charge in [0.1, 0.15) is 5.76 Å². The van der Waals surface area contributed by atoms with Gasteiger partial charge in [-0.3, -0.25) is 4.79 Å². The summed E-state index contributed by atoms with van der Waals surface area (Å²) in [7, 11) is 0. The fourth-order valence-corrected chi connectivity index (χ4v) is 1.03. The summed E-state index contributed by atoms with van der Waals surface area (Å²) < 4.78 is 5.20. The number of hydrogen-bond donors (Lipinski definition) is 0. The maximum atomic E-state index is 11.4. The third-order valence-electron chi connectivity index (χ3n) is 1.79. The van der Waals surface area contributed by atoms with E-state index in [1.165, 1.54) is 0 Å². The monoisotopic (exact) mass is 178 g/mol. The van der Waals surface area contributed by atoms with Gasteiger partial charge in [-0.1, -0.05) is 5.57 Å².